The summed E-state index contributed by atoms with van der Waals surface area (Å²) < 4.78 is 19.1. The SMILES string of the molecule is COc1ccc2c(c1)C(c1cccc(F)c1)C1CCCNC21. The van der Waals surface area contributed by atoms with Crippen LogP contribution >= 0.6 is 0 Å². The Balaban J connectivity index is 1.86. The lowest BCUT2D eigenvalue weighted by atomic mass is 9.80. The van der Waals surface area contributed by atoms with Gasteiger partial charge in [-0.3, -0.25) is 0 Å². The molecule has 2 aromatic rings. The predicted octanol–water partition coefficient (Wildman–Crippen LogP) is 4.02. The van der Waals surface area contributed by atoms with Crippen LogP contribution in [0, 0.1) is 11.7 Å². The van der Waals surface area contributed by atoms with Crippen molar-refractivity contribution < 1.29 is 9.13 Å². The molecule has 1 N–H and O–H groups in total. The number of hydrogen-bond acceptors (Lipinski definition) is 2. The van der Waals surface area contributed by atoms with Crippen molar-refractivity contribution in [3.05, 3.63) is 65.0 Å². The van der Waals surface area contributed by atoms with E-state index in [-0.39, 0.29) is 11.7 Å². The molecular weight excluding hydrogens is 277 g/mol. The summed E-state index contributed by atoms with van der Waals surface area (Å²) in [5.41, 5.74) is 3.71. The average molecular weight is 297 g/mol. The molecule has 1 heterocycles. The number of methoxy groups -OCH3 is 1. The van der Waals surface area contributed by atoms with Crippen LogP contribution in [0.15, 0.2) is 42.5 Å². The van der Waals surface area contributed by atoms with Gasteiger partial charge in [0.05, 0.1) is 7.11 Å². The summed E-state index contributed by atoms with van der Waals surface area (Å²) in [7, 11) is 1.69. The molecule has 4 rings (SSSR count). The number of fused-ring (bicyclic) bond motifs is 3. The van der Waals surface area contributed by atoms with E-state index < -0.39 is 0 Å². The highest BCUT2D eigenvalue weighted by Crippen LogP contribution is 2.52. The topological polar surface area (TPSA) is 21.3 Å². The van der Waals surface area contributed by atoms with Gasteiger partial charge in [-0.05, 0) is 66.3 Å². The maximum Gasteiger partial charge on any atom is 0.123 e. The number of ether oxygens (including phenoxy) is 1. The number of rotatable bonds is 2. The number of benzene rings is 2. The first-order valence-corrected chi connectivity index (χ1v) is 7.94. The average Bonchev–Trinajstić information content (AvgIpc) is 2.88. The van der Waals surface area contributed by atoms with E-state index in [0.29, 0.717) is 12.0 Å². The van der Waals surface area contributed by atoms with Gasteiger partial charge in [0, 0.05) is 12.0 Å². The lowest BCUT2D eigenvalue weighted by Gasteiger charge is -2.31. The van der Waals surface area contributed by atoms with Crippen molar-refractivity contribution in [3.8, 4) is 5.75 Å². The van der Waals surface area contributed by atoms with Gasteiger partial charge in [-0.15, -0.1) is 0 Å². The molecule has 0 aromatic heterocycles. The highest BCUT2D eigenvalue weighted by atomic mass is 19.1. The molecule has 22 heavy (non-hydrogen) atoms. The third kappa shape index (κ3) is 2.12. The van der Waals surface area contributed by atoms with Crippen LogP contribution in [0.3, 0.4) is 0 Å². The Morgan fingerprint density at radius 2 is 2.05 bits per heavy atom. The second kappa shape index (κ2) is 5.40. The standard InChI is InChI=1S/C19H20FNO/c1-22-14-7-8-15-17(11-14)18(12-4-2-5-13(20)10-12)16-6-3-9-21-19(15)16/h2,4-5,7-8,10-11,16,18-19,21H,3,6,9H2,1H3. The maximum absolute atomic E-state index is 13.7. The van der Waals surface area contributed by atoms with Gasteiger partial charge in [-0.1, -0.05) is 18.2 Å². The highest BCUT2D eigenvalue weighted by molar-refractivity contribution is 5.49. The molecule has 0 radical (unpaired) electrons. The zero-order valence-electron chi connectivity index (χ0n) is 12.7. The van der Waals surface area contributed by atoms with Crippen molar-refractivity contribution in [2.75, 3.05) is 13.7 Å². The monoisotopic (exact) mass is 297 g/mol. The molecule has 3 atom stereocenters. The molecule has 1 saturated heterocycles. The molecule has 0 spiro atoms. The van der Waals surface area contributed by atoms with Crippen LogP contribution in [0.5, 0.6) is 5.75 Å². The Morgan fingerprint density at radius 1 is 1.14 bits per heavy atom. The van der Waals surface area contributed by atoms with Crippen molar-refractivity contribution in [2.24, 2.45) is 5.92 Å². The molecule has 1 fully saturated rings. The third-order valence-corrected chi connectivity index (χ3v) is 5.11. The number of halogens is 1. The molecule has 114 valence electrons. The van der Waals surface area contributed by atoms with Gasteiger partial charge in [0.15, 0.2) is 0 Å². The Labute approximate surface area is 130 Å². The molecule has 1 aliphatic carbocycles. The summed E-state index contributed by atoms with van der Waals surface area (Å²) in [5, 5.41) is 3.65. The highest BCUT2D eigenvalue weighted by Gasteiger charge is 2.42. The van der Waals surface area contributed by atoms with Gasteiger partial charge in [-0.25, -0.2) is 4.39 Å². The fourth-order valence-electron chi connectivity index (χ4n) is 4.20. The van der Waals surface area contributed by atoms with Crippen LogP contribution in [-0.4, -0.2) is 13.7 Å². The summed E-state index contributed by atoms with van der Waals surface area (Å²) in [6, 6.07) is 13.8. The maximum atomic E-state index is 13.7. The van der Waals surface area contributed by atoms with Crippen molar-refractivity contribution >= 4 is 0 Å². The zero-order chi connectivity index (χ0) is 15.1. The Hall–Kier alpha value is -1.87. The number of hydrogen-bond donors (Lipinski definition) is 1. The minimum atomic E-state index is -0.158. The van der Waals surface area contributed by atoms with E-state index >= 15 is 0 Å². The zero-order valence-corrected chi connectivity index (χ0v) is 12.7. The van der Waals surface area contributed by atoms with E-state index in [2.05, 4.69) is 17.4 Å². The molecule has 2 aromatic carbocycles. The van der Waals surface area contributed by atoms with Crippen LogP contribution in [-0.2, 0) is 0 Å². The Kier molecular flexibility index (Phi) is 3.38. The molecule has 3 unspecified atom stereocenters. The smallest absolute Gasteiger partial charge is 0.123 e. The first kappa shape index (κ1) is 13.8. The molecule has 0 amide bonds. The summed E-state index contributed by atoms with van der Waals surface area (Å²) in [6.45, 7) is 1.06. The van der Waals surface area contributed by atoms with E-state index in [1.54, 1.807) is 13.2 Å². The molecular formula is C19H20FNO. The van der Waals surface area contributed by atoms with E-state index in [0.717, 1.165) is 17.9 Å². The van der Waals surface area contributed by atoms with Crippen LogP contribution < -0.4 is 10.1 Å². The van der Waals surface area contributed by atoms with Crippen molar-refractivity contribution in [2.45, 2.75) is 24.8 Å². The lowest BCUT2D eigenvalue weighted by Crippen LogP contribution is -2.32. The first-order chi connectivity index (χ1) is 10.8. The van der Waals surface area contributed by atoms with E-state index in [1.807, 2.05) is 18.2 Å². The Bertz CT molecular complexity index is 700. The van der Waals surface area contributed by atoms with E-state index in [9.17, 15) is 4.39 Å². The third-order valence-electron chi connectivity index (χ3n) is 5.11. The largest absolute Gasteiger partial charge is 0.497 e. The molecule has 1 aliphatic heterocycles. The molecule has 2 nitrogen and oxygen atoms in total. The van der Waals surface area contributed by atoms with Gasteiger partial charge >= 0.3 is 0 Å². The van der Waals surface area contributed by atoms with Gasteiger partial charge in [0.1, 0.15) is 11.6 Å². The minimum absolute atomic E-state index is 0.158. The van der Waals surface area contributed by atoms with Gasteiger partial charge in [-0.2, -0.15) is 0 Å². The molecule has 0 bridgehead atoms. The summed E-state index contributed by atoms with van der Waals surface area (Å²) in [6.07, 6.45) is 2.36. The second-order valence-corrected chi connectivity index (χ2v) is 6.27. The molecule has 3 heteroatoms. The summed E-state index contributed by atoms with van der Waals surface area (Å²) in [4.78, 5) is 0. The minimum Gasteiger partial charge on any atom is -0.497 e. The van der Waals surface area contributed by atoms with Crippen molar-refractivity contribution in [3.63, 3.8) is 0 Å². The van der Waals surface area contributed by atoms with Crippen molar-refractivity contribution in [1.29, 1.82) is 0 Å². The van der Waals surface area contributed by atoms with Gasteiger partial charge in [0.2, 0.25) is 0 Å². The van der Waals surface area contributed by atoms with E-state index in [4.69, 9.17) is 4.74 Å². The fourth-order valence-corrected chi connectivity index (χ4v) is 4.20. The Morgan fingerprint density at radius 3 is 2.86 bits per heavy atom. The molecule has 0 saturated carbocycles. The second-order valence-electron chi connectivity index (χ2n) is 6.27. The van der Waals surface area contributed by atoms with E-state index in [1.165, 1.54) is 30.0 Å². The van der Waals surface area contributed by atoms with Gasteiger partial charge < -0.3 is 10.1 Å². The van der Waals surface area contributed by atoms with Crippen LogP contribution in [0.4, 0.5) is 4.39 Å². The first-order valence-electron chi connectivity index (χ1n) is 7.94. The predicted molar refractivity (Wildman–Crippen MR) is 84.7 cm³/mol. The quantitative estimate of drug-likeness (QED) is 0.904. The summed E-state index contributed by atoms with van der Waals surface area (Å²) in [5.74, 6) is 1.46. The lowest BCUT2D eigenvalue weighted by molar-refractivity contribution is 0.286. The van der Waals surface area contributed by atoms with Gasteiger partial charge in [0.25, 0.3) is 0 Å². The van der Waals surface area contributed by atoms with Crippen molar-refractivity contribution in [1.82, 2.24) is 5.32 Å². The fraction of sp³-hybridized carbons (Fsp3) is 0.368. The van der Waals surface area contributed by atoms with Crippen LogP contribution in [0.1, 0.15) is 41.5 Å². The van der Waals surface area contributed by atoms with Crippen LogP contribution in [0.2, 0.25) is 0 Å². The summed E-state index contributed by atoms with van der Waals surface area (Å²) >= 11 is 0. The number of piperidine rings is 1. The van der Waals surface area contributed by atoms with Crippen LogP contribution in [0.25, 0.3) is 0 Å². The number of nitrogens with one attached hydrogen (secondary N) is 1. The normalized spacial score (nSPS) is 26.4. The molecule has 2 aliphatic rings.